The van der Waals surface area contributed by atoms with E-state index in [1.54, 1.807) is 12.1 Å². The number of hydrogen-bond donors (Lipinski definition) is 1. The highest BCUT2D eigenvalue weighted by Crippen LogP contribution is 2.43. The lowest BCUT2D eigenvalue weighted by Crippen LogP contribution is -2.35. The van der Waals surface area contributed by atoms with Crippen molar-refractivity contribution in [1.29, 1.82) is 0 Å². The number of amides is 1. The minimum Gasteiger partial charge on any atom is -0.443 e. The number of halogens is 1. The molecule has 8 nitrogen and oxygen atoms in total. The van der Waals surface area contributed by atoms with Crippen molar-refractivity contribution in [2.24, 2.45) is 0 Å². The molecule has 3 heterocycles. The van der Waals surface area contributed by atoms with Crippen LogP contribution in [0.3, 0.4) is 0 Å². The van der Waals surface area contributed by atoms with Crippen LogP contribution in [0.15, 0.2) is 24.7 Å². The minimum atomic E-state index is -0.626. The van der Waals surface area contributed by atoms with Crippen molar-refractivity contribution < 1.29 is 18.7 Å². The van der Waals surface area contributed by atoms with Crippen LogP contribution in [-0.2, 0) is 15.9 Å². The van der Waals surface area contributed by atoms with Crippen LogP contribution in [0.5, 0.6) is 0 Å². The van der Waals surface area contributed by atoms with E-state index in [9.17, 15) is 4.79 Å². The molecule has 0 bridgehead atoms. The number of carbonyl (C=O) groups excluding carboxylic acids is 1. The highest BCUT2D eigenvalue weighted by atomic mass is 19.1. The predicted molar refractivity (Wildman–Crippen MR) is 138 cm³/mol. The number of aromatic nitrogens is 3. The maximum Gasteiger partial charge on any atom is 0.414 e. The Kier molecular flexibility index (Phi) is 6.36. The summed E-state index contributed by atoms with van der Waals surface area (Å²) in [5.74, 6) is -0.0330. The topological polar surface area (TPSA) is 95.5 Å². The number of nitrogen functional groups attached to an aromatic ring is 1. The summed E-state index contributed by atoms with van der Waals surface area (Å²) in [7, 11) is 0. The first-order chi connectivity index (χ1) is 17.2. The number of nitrogens with two attached hydrogens (primary N) is 1. The van der Waals surface area contributed by atoms with Crippen LogP contribution in [0.4, 0.5) is 20.7 Å². The van der Waals surface area contributed by atoms with Crippen LogP contribution in [0.25, 0.3) is 22.2 Å². The molecule has 0 unspecified atom stereocenters. The van der Waals surface area contributed by atoms with Gasteiger partial charge in [0.25, 0.3) is 0 Å². The Morgan fingerprint density at radius 1 is 1.22 bits per heavy atom. The van der Waals surface area contributed by atoms with Crippen LogP contribution < -0.4 is 10.6 Å². The molecule has 9 heteroatoms. The molecule has 0 radical (unpaired) electrons. The Labute approximate surface area is 210 Å². The first kappa shape index (κ1) is 24.5. The molecule has 1 saturated carbocycles. The molecule has 2 aliphatic rings. The van der Waals surface area contributed by atoms with Gasteiger partial charge in [-0.2, -0.15) is 0 Å². The molecule has 2 aromatic heterocycles. The van der Waals surface area contributed by atoms with Crippen molar-refractivity contribution in [2.75, 3.05) is 23.8 Å². The monoisotopic (exact) mass is 495 g/mol. The highest BCUT2D eigenvalue weighted by molar-refractivity contribution is 6.01. The second kappa shape index (κ2) is 9.35. The first-order valence-electron chi connectivity index (χ1n) is 12.7. The van der Waals surface area contributed by atoms with Crippen molar-refractivity contribution in [3.63, 3.8) is 0 Å². The van der Waals surface area contributed by atoms with Crippen LogP contribution in [0.2, 0.25) is 0 Å². The van der Waals surface area contributed by atoms with Gasteiger partial charge in [-0.1, -0.05) is 13.3 Å². The van der Waals surface area contributed by atoms with Gasteiger partial charge >= 0.3 is 6.09 Å². The molecule has 1 aliphatic heterocycles. The summed E-state index contributed by atoms with van der Waals surface area (Å²) in [5.41, 5.74) is 8.49. The molecule has 192 valence electrons. The van der Waals surface area contributed by atoms with Gasteiger partial charge in [-0.15, -0.1) is 0 Å². The summed E-state index contributed by atoms with van der Waals surface area (Å²) in [6.07, 6.45) is 7.50. The summed E-state index contributed by atoms with van der Waals surface area (Å²) >= 11 is 0. The number of rotatable bonds is 6. The van der Waals surface area contributed by atoms with E-state index in [0.717, 1.165) is 32.3 Å². The standard InChI is InChI=1S/C27H34FN5O3/c1-5-6-11-35-17-12-16(13-17)33-14-20(22-24(29)30-15-31-25(22)33)18-7-8-21-19(23(18)28)9-10-32(21)26(34)36-27(2,3)4/h7-8,14-17H,5-6,9-13H2,1-4H3,(H2,29,30,31). The average Bonchev–Trinajstić information content (AvgIpc) is 3.38. The Balaban J connectivity index is 1.47. The molecule has 1 aliphatic carbocycles. The second-order valence-corrected chi connectivity index (χ2v) is 10.7. The fourth-order valence-electron chi connectivity index (χ4n) is 5.05. The Bertz CT molecular complexity index is 1290. The van der Waals surface area contributed by atoms with Crippen molar-refractivity contribution in [1.82, 2.24) is 14.5 Å². The largest absolute Gasteiger partial charge is 0.443 e. The lowest BCUT2D eigenvalue weighted by Gasteiger charge is -2.36. The summed E-state index contributed by atoms with van der Waals surface area (Å²) in [6.45, 7) is 8.75. The van der Waals surface area contributed by atoms with Crippen LogP contribution in [0, 0.1) is 5.82 Å². The molecule has 0 atom stereocenters. The summed E-state index contributed by atoms with van der Waals surface area (Å²) in [5, 5.41) is 0.647. The number of ether oxygens (including phenoxy) is 2. The van der Waals surface area contributed by atoms with Gasteiger partial charge in [-0.05, 0) is 58.6 Å². The van der Waals surface area contributed by atoms with Crippen LogP contribution in [0.1, 0.15) is 65.0 Å². The van der Waals surface area contributed by atoms with Crippen molar-refractivity contribution in [2.45, 2.75) is 77.5 Å². The normalized spacial score (nSPS) is 19.4. The lowest BCUT2D eigenvalue weighted by atomic mass is 9.89. The van der Waals surface area contributed by atoms with E-state index in [0.29, 0.717) is 52.2 Å². The zero-order valence-electron chi connectivity index (χ0n) is 21.4. The summed E-state index contributed by atoms with van der Waals surface area (Å²) < 4.78 is 29.5. The van der Waals surface area contributed by atoms with Gasteiger partial charge in [0.1, 0.15) is 29.2 Å². The molecule has 0 spiro atoms. The first-order valence-corrected chi connectivity index (χ1v) is 12.7. The van der Waals surface area contributed by atoms with Gasteiger partial charge in [0.2, 0.25) is 0 Å². The Morgan fingerprint density at radius 3 is 2.72 bits per heavy atom. The number of carbonyl (C=O) groups is 1. The fraction of sp³-hybridized carbons (Fsp3) is 0.519. The number of hydrogen-bond acceptors (Lipinski definition) is 6. The number of benzene rings is 1. The number of nitrogens with zero attached hydrogens (tertiary/aromatic N) is 4. The van der Waals surface area contributed by atoms with E-state index in [1.807, 2.05) is 27.0 Å². The van der Waals surface area contributed by atoms with E-state index in [4.69, 9.17) is 15.2 Å². The van der Waals surface area contributed by atoms with Crippen molar-refractivity contribution in [3.8, 4) is 11.1 Å². The van der Waals surface area contributed by atoms with E-state index >= 15 is 4.39 Å². The maximum absolute atomic E-state index is 15.9. The summed E-state index contributed by atoms with van der Waals surface area (Å²) in [6, 6.07) is 3.71. The van der Waals surface area contributed by atoms with Crippen molar-refractivity contribution in [3.05, 3.63) is 36.0 Å². The van der Waals surface area contributed by atoms with Gasteiger partial charge < -0.3 is 19.8 Å². The third-order valence-corrected chi connectivity index (χ3v) is 6.95. The SMILES string of the molecule is CCCCOC1CC(n2cc(-c3ccc4c(c3F)CCN4C(=O)OC(C)(C)C)c3c(N)ncnc32)C1. The number of anilines is 2. The molecule has 1 aromatic carbocycles. The smallest absolute Gasteiger partial charge is 0.414 e. The van der Waals surface area contributed by atoms with Crippen LogP contribution >= 0.6 is 0 Å². The number of unbranched alkanes of at least 4 members (excludes halogenated alkanes) is 1. The molecule has 0 saturated heterocycles. The summed E-state index contributed by atoms with van der Waals surface area (Å²) in [4.78, 5) is 22.9. The van der Waals surface area contributed by atoms with Gasteiger partial charge in [-0.3, -0.25) is 4.90 Å². The predicted octanol–water partition coefficient (Wildman–Crippen LogP) is 5.64. The van der Waals surface area contributed by atoms with Gasteiger partial charge in [-0.25, -0.2) is 19.2 Å². The lowest BCUT2D eigenvalue weighted by molar-refractivity contribution is -0.0259. The Hall–Kier alpha value is -3.20. The third kappa shape index (κ3) is 4.40. The molecular weight excluding hydrogens is 461 g/mol. The minimum absolute atomic E-state index is 0.210. The zero-order valence-corrected chi connectivity index (χ0v) is 21.4. The highest BCUT2D eigenvalue weighted by Gasteiger charge is 2.35. The van der Waals surface area contributed by atoms with E-state index in [1.165, 1.54) is 11.2 Å². The molecule has 5 rings (SSSR count). The zero-order chi connectivity index (χ0) is 25.6. The van der Waals surface area contributed by atoms with Crippen molar-refractivity contribution >= 4 is 28.6 Å². The third-order valence-electron chi connectivity index (χ3n) is 6.95. The van der Waals surface area contributed by atoms with Crippen LogP contribution in [-0.4, -0.2) is 45.5 Å². The molecule has 3 aromatic rings. The average molecular weight is 496 g/mol. The molecule has 1 amide bonds. The molecular formula is C27H34FN5O3. The second-order valence-electron chi connectivity index (χ2n) is 10.7. The van der Waals surface area contributed by atoms with E-state index in [2.05, 4.69) is 21.5 Å². The molecule has 2 N–H and O–H groups in total. The van der Waals surface area contributed by atoms with E-state index < -0.39 is 11.7 Å². The molecule has 36 heavy (non-hydrogen) atoms. The van der Waals surface area contributed by atoms with Gasteiger partial charge in [0.05, 0.1) is 17.2 Å². The van der Waals surface area contributed by atoms with Gasteiger partial charge in [0.15, 0.2) is 0 Å². The number of fused-ring (bicyclic) bond motifs is 2. The fourth-order valence-corrected chi connectivity index (χ4v) is 5.05. The quantitative estimate of drug-likeness (QED) is 0.445. The molecule has 1 fully saturated rings. The van der Waals surface area contributed by atoms with Gasteiger partial charge in [0, 0.05) is 42.1 Å². The Morgan fingerprint density at radius 2 is 2.00 bits per heavy atom. The maximum atomic E-state index is 15.9. The van der Waals surface area contributed by atoms with E-state index in [-0.39, 0.29) is 18.0 Å².